The van der Waals surface area contributed by atoms with Gasteiger partial charge in [0.1, 0.15) is 6.61 Å². The van der Waals surface area contributed by atoms with E-state index in [4.69, 9.17) is 14.2 Å². The van der Waals surface area contributed by atoms with Gasteiger partial charge < -0.3 is 14.2 Å². The zero-order valence-electron chi connectivity index (χ0n) is 42.5. The first-order valence-corrected chi connectivity index (χ1v) is 27.5. The predicted molar refractivity (Wildman–Crippen MR) is 279 cm³/mol. The van der Waals surface area contributed by atoms with Gasteiger partial charge in [0, 0.05) is 19.4 Å². The molecule has 0 saturated carbocycles. The fourth-order valence-corrected chi connectivity index (χ4v) is 7.55. The van der Waals surface area contributed by atoms with Crippen LogP contribution in [0.3, 0.4) is 0 Å². The summed E-state index contributed by atoms with van der Waals surface area (Å²) in [7, 11) is 0. The highest BCUT2D eigenvalue weighted by Gasteiger charge is 2.17. The Bertz CT molecular complexity index is 1150. The monoisotopic (exact) mass is 893 g/mol. The molecule has 0 fully saturated rings. The maximum absolute atomic E-state index is 12.8. The Balaban J connectivity index is 4.31. The average Bonchev–Trinajstić information content (AvgIpc) is 3.30. The summed E-state index contributed by atoms with van der Waals surface area (Å²) < 4.78 is 17.4. The maximum atomic E-state index is 12.8. The van der Waals surface area contributed by atoms with Gasteiger partial charge in [0.2, 0.25) is 0 Å². The molecule has 0 rings (SSSR count). The van der Waals surface area contributed by atoms with Crippen molar-refractivity contribution in [2.75, 3.05) is 19.8 Å². The van der Waals surface area contributed by atoms with Gasteiger partial charge in [-0.15, -0.1) is 0 Å². The molecule has 370 valence electrons. The number of ether oxygens (including phenoxy) is 3. The number of allylic oxidation sites excluding steroid dienone is 12. The van der Waals surface area contributed by atoms with E-state index in [1.54, 1.807) is 0 Å². The van der Waals surface area contributed by atoms with E-state index in [0.29, 0.717) is 19.4 Å². The Morgan fingerprint density at radius 1 is 0.344 bits per heavy atom. The van der Waals surface area contributed by atoms with E-state index in [2.05, 4.69) is 93.7 Å². The largest absolute Gasteiger partial charge is 0.462 e. The van der Waals surface area contributed by atoms with Gasteiger partial charge in [0.15, 0.2) is 6.10 Å². The van der Waals surface area contributed by atoms with Crippen molar-refractivity contribution in [1.82, 2.24) is 0 Å². The van der Waals surface area contributed by atoms with Crippen molar-refractivity contribution in [2.24, 2.45) is 0 Å². The van der Waals surface area contributed by atoms with Crippen LogP contribution in [-0.4, -0.2) is 37.9 Å². The van der Waals surface area contributed by atoms with Crippen molar-refractivity contribution in [2.45, 2.75) is 271 Å². The summed E-state index contributed by atoms with van der Waals surface area (Å²) in [6.07, 6.45) is 70.5. The SMILES string of the molecule is CCC/C=C\C/C=C\CCCCCCCCOCC(COC(=O)CCCCCCCCC/C=C\C/C=C\CCCCC)OC(=O)CCCCCCCCC/C=C\C/C=C\CCCCC. The minimum atomic E-state index is -0.552. The number of carbonyl (C=O) groups is 2. The minimum Gasteiger partial charge on any atom is -0.462 e. The highest BCUT2D eigenvalue weighted by atomic mass is 16.6. The van der Waals surface area contributed by atoms with E-state index in [9.17, 15) is 9.59 Å². The summed E-state index contributed by atoms with van der Waals surface area (Å²) in [6.45, 7) is 7.70. The molecule has 0 N–H and O–H groups in total. The first-order valence-electron chi connectivity index (χ1n) is 27.5. The van der Waals surface area contributed by atoms with E-state index in [-0.39, 0.29) is 25.2 Å². The maximum Gasteiger partial charge on any atom is 0.306 e. The van der Waals surface area contributed by atoms with Gasteiger partial charge in [-0.25, -0.2) is 0 Å². The van der Waals surface area contributed by atoms with Crippen LogP contribution in [-0.2, 0) is 23.8 Å². The quantitative estimate of drug-likeness (QED) is 0.0346. The molecule has 0 bridgehead atoms. The molecule has 0 saturated heterocycles. The Hall–Kier alpha value is -2.66. The topological polar surface area (TPSA) is 61.8 Å². The Morgan fingerprint density at radius 2 is 0.688 bits per heavy atom. The fraction of sp³-hybridized carbons (Fsp3) is 0.763. The van der Waals surface area contributed by atoms with Crippen LogP contribution in [0.15, 0.2) is 72.9 Å². The molecule has 5 heteroatoms. The van der Waals surface area contributed by atoms with Crippen LogP contribution in [0.1, 0.15) is 265 Å². The van der Waals surface area contributed by atoms with Crippen molar-refractivity contribution in [1.29, 1.82) is 0 Å². The summed E-state index contributed by atoms with van der Waals surface area (Å²) in [5, 5.41) is 0. The van der Waals surface area contributed by atoms with Crippen LogP contribution in [0.25, 0.3) is 0 Å². The summed E-state index contributed by atoms with van der Waals surface area (Å²) in [6, 6.07) is 0. The predicted octanol–water partition coefficient (Wildman–Crippen LogP) is 18.7. The van der Waals surface area contributed by atoms with E-state index in [1.807, 2.05) is 0 Å². The van der Waals surface area contributed by atoms with Crippen LogP contribution in [0.2, 0.25) is 0 Å². The third-order valence-electron chi connectivity index (χ3n) is 11.7. The summed E-state index contributed by atoms with van der Waals surface area (Å²) in [5.41, 5.74) is 0. The van der Waals surface area contributed by atoms with Gasteiger partial charge in [-0.1, -0.05) is 216 Å². The van der Waals surface area contributed by atoms with E-state index >= 15 is 0 Å². The molecule has 1 atom stereocenters. The normalized spacial score (nSPS) is 12.7. The second kappa shape index (κ2) is 54.7. The third kappa shape index (κ3) is 52.0. The standard InChI is InChI=1S/C59H104O5/c1-4-7-10-13-16-19-22-25-28-30-32-34-37-40-43-46-49-52-58(60)63-56-57(55-62-54-51-48-45-42-39-36-27-24-21-18-15-12-9-6-3)64-59(61)53-50-47-44-41-38-35-33-31-29-26-23-20-17-14-11-8-5-2/h12,15-17,19-21,24-26,28-29,57H,4-11,13-14,18,22-23,27,30-56H2,1-3H3/b15-12-,19-16-,20-17-,24-21-,28-25-,29-26-. The molecule has 0 aromatic rings. The Kier molecular flexibility index (Phi) is 52.4. The molecule has 1 unspecified atom stereocenters. The van der Waals surface area contributed by atoms with Crippen molar-refractivity contribution < 1.29 is 23.8 Å². The molecule has 0 radical (unpaired) electrons. The lowest BCUT2D eigenvalue weighted by Gasteiger charge is -2.18. The summed E-state index contributed by atoms with van der Waals surface area (Å²) in [4.78, 5) is 25.5. The lowest BCUT2D eigenvalue weighted by atomic mass is 10.1. The average molecular weight is 893 g/mol. The second-order valence-electron chi connectivity index (χ2n) is 18.1. The number of rotatable bonds is 50. The molecule has 0 heterocycles. The molecule has 0 amide bonds. The lowest BCUT2D eigenvalue weighted by Crippen LogP contribution is -2.30. The molecular formula is C59H104O5. The van der Waals surface area contributed by atoms with Crippen LogP contribution in [0, 0.1) is 0 Å². The summed E-state index contributed by atoms with van der Waals surface area (Å²) in [5.74, 6) is -0.416. The smallest absolute Gasteiger partial charge is 0.306 e. The van der Waals surface area contributed by atoms with Crippen LogP contribution < -0.4 is 0 Å². The molecule has 5 nitrogen and oxygen atoms in total. The highest BCUT2D eigenvalue weighted by Crippen LogP contribution is 2.14. The van der Waals surface area contributed by atoms with Crippen molar-refractivity contribution in [3.8, 4) is 0 Å². The van der Waals surface area contributed by atoms with E-state index in [1.165, 1.54) is 161 Å². The molecule has 0 aliphatic heterocycles. The number of hydrogen-bond donors (Lipinski definition) is 0. The first kappa shape index (κ1) is 61.3. The molecule has 0 aliphatic carbocycles. The van der Waals surface area contributed by atoms with Gasteiger partial charge in [-0.2, -0.15) is 0 Å². The Labute approximate surface area is 397 Å². The minimum absolute atomic E-state index is 0.0721. The molecule has 0 aromatic carbocycles. The zero-order valence-corrected chi connectivity index (χ0v) is 42.5. The zero-order chi connectivity index (χ0) is 46.3. The lowest BCUT2D eigenvalue weighted by molar-refractivity contribution is -0.163. The van der Waals surface area contributed by atoms with Gasteiger partial charge in [0.25, 0.3) is 0 Å². The number of esters is 2. The van der Waals surface area contributed by atoms with E-state index in [0.717, 1.165) is 70.6 Å². The van der Waals surface area contributed by atoms with Gasteiger partial charge >= 0.3 is 11.9 Å². The van der Waals surface area contributed by atoms with E-state index < -0.39 is 6.10 Å². The number of hydrogen-bond acceptors (Lipinski definition) is 5. The molecule has 0 spiro atoms. The van der Waals surface area contributed by atoms with Gasteiger partial charge in [0.05, 0.1) is 6.61 Å². The molecule has 0 aromatic heterocycles. The van der Waals surface area contributed by atoms with Crippen molar-refractivity contribution in [3.63, 3.8) is 0 Å². The van der Waals surface area contributed by atoms with Gasteiger partial charge in [-0.05, 0) is 109 Å². The first-order chi connectivity index (χ1) is 31.6. The van der Waals surface area contributed by atoms with Gasteiger partial charge in [-0.3, -0.25) is 9.59 Å². The number of carbonyl (C=O) groups excluding carboxylic acids is 2. The van der Waals surface area contributed by atoms with Crippen LogP contribution in [0.5, 0.6) is 0 Å². The van der Waals surface area contributed by atoms with Crippen molar-refractivity contribution in [3.05, 3.63) is 72.9 Å². The van der Waals surface area contributed by atoms with Crippen LogP contribution in [0.4, 0.5) is 0 Å². The highest BCUT2D eigenvalue weighted by molar-refractivity contribution is 5.70. The number of unbranched alkanes of at least 4 members (excludes halogenated alkanes) is 27. The van der Waals surface area contributed by atoms with Crippen molar-refractivity contribution >= 4 is 11.9 Å². The molecule has 0 aliphatic rings. The Morgan fingerprint density at radius 3 is 1.09 bits per heavy atom. The molecular weight excluding hydrogens is 789 g/mol. The third-order valence-corrected chi connectivity index (χ3v) is 11.7. The second-order valence-corrected chi connectivity index (χ2v) is 18.1. The van der Waals surface area contributed by atoms with Crippen LogP contribution >= 0.6 is 0 Å². The summed E-state index contributed by atoms with van der Waals surface area (Å²) >= 11 is 0. The molecule has 64 heavy (non-hydrogen) atoms. The fourth-order valence-electron chi connectivity index (χ4n) is 7.55.